The molecule has 0 spiro atoms. The molecule has 17 heavy (non-hydrogen) atoms. The van der Waals surface area contributed by atoms with Gasteiger partial charge >= 0.3 is 0 Å². The van der Waals surface area contributed by atoms with Crippen LogP contribution in [0, 0.1) is 6.92 Å². The maximum absolute atomic E-state index is 5.94. The van der Waals surface area contributed by atoms with E-state index in [9.17, 15) is 0 Å². The molecule has 1 atom stereocenters. The van der Waals surface area contributed by atoms with Crippen LogP contribution in [0.25, 0.3) is 0 Å². The Bertz CT molecular complexity index is 519. The average Bonchev–Trinajstić information content (AvgIpc) is 2.58. The number of aromatic nitrogens is 3. The lowest BCUT2D eigenvalue weighted by Crippen LogP contribution is -2.07. The van der Waals surface area contributed by atoms with Gasteiger partial charge in [-0.25, -0.2) is 4.98 Å². The zero-order chi connectivity index (χ0) is 12.4. The maximum Gasteiger partial charge on any atom is 0.107 e. The summed E-state index contributed by atoms with van der Waals surface area (Å²) in [7, 11) is 1.93. The molecular weight excluding hydrogens is 232 g/mol. The van der Waals surface area contributed by atoms with Crippen molar-refractivity contribution in [2.24, 2.45) is 12.8 Å². The van der Waals surface area contributed by atoms with E-state index in [1.165, 1.54) is 0 Å². The first-order valence-corrected chi connectivity index (χ1v) is 6.28. The van der Waals surface area contributed by atoms with Crippen LogP contribution in [0.1, 0.15) is 24.2 Å². The first-order chi connectivity index (χ1) is 8.08. The highest BCUT2D eigenvalue weighted by atomic mass is 32.2. The smallest absolute Gasteiger partial charge is 0.107 e. The number of hydrogen-bond donors (Lipinski definition) is 1. The van der Waals surface area contributed by atoms with Gasteiger partial charge in [-0.1, -0.05) is 17.8 Å². The van der Waals surface area contributed by atoms with Crippen molar-refractivity contribution in [2.75, 3.05) is 0 Å². The minimum absolute atomic E-state index is 0.0134. The number of hydrogen-bond acceptors (Lipinski definition) is 4. The lowest BCUT2D eigenvalue weighted by Gasteiger charge is -2.10. The molecule has 0 saturated carbocycles. The second kappa shape index (κ2) is 4.89. The van der Waals surface area contributed by atoms with Crippen LogP contribution in [0.15, 0.2) is 34.4 Å². The van der Waals surface area contributed by atoms with Crippen LogP contribution in [0.5, 0.6) is 0 Å². The molecular formula is C12H16N4S. The molecule has 0 aliphatic heterocycles. The van der Waals surface area contributed by atoms with Crippen molar-refractivity contribution in [3.05, 3.63) is 35.7 Å². The fraction of sp³-hybridized carbons (Fsp3) is 0.333. The van der Waals surface area contributed by atoms with Crippen LogP contribution >= 0.6 is 11.8 Å². The highest BCUT2D eigenvalue weighted by Crippen LogP contribution is 2.30. The number of aryl methyl sites for hydroxylation is 2. The summed E-state index contributed by atoms with van der Waals surface area (Å²) in [5.41, 5.74) is 8.01. The van der Waals surface area contributed by atoms with E-state index in [4.69, 9.17) is 5.73 Å². The Morgan fingerprint density at radius 1 is 1.47 bits per heavy atom. The van der Waals surface area contributed by atoms with Gasteiger partial charge in [-0.05, 0) is 26.0 Å². The summed E-state index contributed by atoms with van der Waals surface area (Å²) in [6.07, 6.45) is 1.79. The Labute approximate surface area is 105 Å². The zero-order valence-electron chi connectivity index (χ0n) is 10.2. The molecule has 0 radical (unpaired) electrons. The van der Waals surface area contributed by atoms with Crippen molar-refractivity contribution < 1.29 is 0 Å². The number of nitrogens with two attached hydrogens (primary N) is 1. The van der Waals surface area contributed by atoms with Crippen LogP contribution in [0.4, 0.5) is 0 Å². The number of nitrogens with zero attached hydrogens (tertiary/aromatic N) is 3. The monoisotopic (exact) mass is 248 g/mol. The van der Waals surface area contributed by atoms with Crippen molar-refractivity contribution in [2.45, 2.75) is 29.9 Å². The Morgan fingerprint density at radius 2 is 2.24 bits per heavy atom. The molecule has 90 valence electrons. The predicted molar refractivity (Wildman–Crippen MR) is 68.9 cm³/mol. The molecule has 2 aromatic rings. The summed E-state index contributed by atoms with van der Waals surface area (Å²) in [4.78, 5) is 4.39. The molecule has 2 N–H and O–H groups in total. The minimum atomic E-state index is -0.0134. The molecule has 1 unspecified atom stereocenters. The Hall–Kier alpha value is -1.33. The third kappa shape index (κ3) is 2.68. The summed E-state index contributed by atoms with van der Waals surface area (Å²) in [6, 6.07) is 5.96. The second-order valence-corrected chi connectivity index (χ2v) is 5.05. The molecule has 0 aliphatic carbocycles. The van der Waals surface area contributed by atoms with E-state index in [1.807, 2.05) is 43.8 Å². The van der Waals surface area contributed by atoms with E-state index >= 15 is 0 Å². The molecule has 2 aromatic heterocycles. The SMILES string of the molecule is Cc1cc(Sc2ncccc2C(C)N)n(C)n1. The van der Waals surface area contributed by atoms with Gasteiger partial charge in [0.15, 0.2) is 0 Å². The van der Waals surface area contributed by atoms with Crippen LogP contribution in [-0.4, -0.2) is 14.8 Å². The summed E-state index contributed by atoms with van der Waals surface area (Å²) in [6.45, 7) is 3.95. The van der Waals surface area contributed by atoms with Gasteiger partial charge in [-0.15, -0.1) is 0 Å². The van der Waals surface area contributed by atoms with E-state index in [1.54, 1.807) is 18.0 Å². The van der Waals surface area contributed by atoms with Crippen molar-refractivity contribution in [3.63, 3.8) is 0 Å². The third-order valence-corrected chi connectivity index (χ3v) is 3.58. The van der Waals surface area contributed by atoms with Crippen LogP contribution in [0.3, 0.4) is 0 Å². The molecule has 2 rings (SSSR count). The first kappa shape index (κ1) is 12.1. The van der Waals surface area contributed by atoms with E-state index in [0.717, 1.165) is 21.3 Å². The van der Waals surface area contributed by atoms with Gasteiger partial charge in [-0.3, -0.25) is 4.68 Å². The maximum atomic E-state index is 5.94. The Morgan fingerprint density at radius 3 is 2.82 bits per heavy atom. The third-order valence-electron chi connectivity index (χ3n) is 2.45. The standard InChI is InChI=1S/C12H16N4S/c1-8-7-11(16(3)15-8)17-12-10(9(2)13)5-4-6-14-12/h4-7,9H,13H2,1-3H3. The molecule has 0 amide bonds. The van der Waals surface area contributed by atoms with Gasteiger partial charge in [0.05, 0.1) is 5.69 Å². The lowest BCUT2D eigenvalue weighted by atomic mass is 10.2. The summed E-state index contributed by atoms with van der Waals surface area (Å²) >= 11 is 1.60. The van der Waals surface area contributed by atoms with Gasteiger partial charge in [-0.2, -0.15) is 5.10 Å². The molecule has 5 heteroatoms. The van der Waals surface area contributed by atoms with Gasteiger partial charge in [0.2, 0.25) is 0 Å². The summed E-state index contributed by atoms with van der Waals surface area (Å²) < 4.78 is 1.86. The normalized spacial score (nSPS) is 12.7. The van der Waals surface area contributed by atoms with Crippen LogP contribution in [-0.2, 0) is 7.05 Å². The van der Waals surface area contributed by atoms with E-state index < -0.39 is 0 Å². The fourth-order valence-corrected chi connectivity index (χ4v) is 2.70. The highest BCUT2D eigenvalue weighted by Gasteiger charge is 2.11. The molecule has 4 nitrogen and oxygen atoms in total. The van der Waals surface area contributed by atoms with E-state index in [-0.39, 0.29) is 6.04 Å². The molecule has 0 saturated heterocycles. The van der Waals surface area contributed by atoms with E-state index in [0.29, 0.717) is 0 Å². The van der Waals surface area contributed by atoms with Crippen molar-refractivity contribution in [3.8, 4) is 0 Å². The minimum Gasteiger partial charge on any atom is -0.324 e. The van der Waals surface area contributed by atoms with Crippen molar-refractivity contribution >= 4 is 11.8 Å². The van der Waals surface area contributed by atoms with Crippen LogP contribution < -0.4 is 5.73 Å². The molecule has 2 heterocycles. The fourth-order valence-electron chi connectivity index (χ4n) is 1.62. The number of rotatable bonds is 3. The average molecular weight is 248 g/mol. The molecule has 0 aromatic carbocycles. The second-order valence-electron chi connectivity index (χ2n) is 4.04. The van der Waals surface area contributed by atoms with Crippen LogP contribution in [0.2, 0.25) is 0 Å². The zero-order valence-corrected chi connectivity index (χ0v) is 11.0. The largest absolute Gasteiger partial charge is 0.324 e. The first-order valence-electron chi connectivity index (χ1n) is 5.47. The van der Waals surface area contributed by atoms with E-state index in [2.05, 4.69) is 10.1 Å². The van der Waals surface area contributed by atoms with Gasteiger partial charge in [0, 0.05) is 24.8 Å². The Kier molecular flexibility index (Phi) is 3.49. The molecule has 0 fully saturated rings. The quantitative estimate of drug-likeness (QED) is 0.905. The van der Waals surface area contributed by atoms with Gasteiger partial charge < -0.3 is 5.73 Å². The summed E-state index contributed by atoms with van der Waals surface area (Å²) in [5.74, 6) is 0. The summed E-state index contributed by atoms with van der Waals surface area (Å²) in [5, 5.41) is 6.34. The number of pyridine rings is 1. The van der Waals surface area contributed by atoms with Crippen molar-refractivity contribution in [1.29, 1.82) is 0 Å². The Balaban J connectivity index is 2.33. The highest BCUT2D eigenvalue weighted by molar-refractivity contribution is 7.99. The van der Waals surface area contributed by atoms with Crippen molar-refractivity contribution in [1.82, 2.24) is 14.8 Å². The predicted octanol–water partition coefficient (Wildman–Crippen LogP) is 2.29. The van der Waals surface area contributed by atoms with Gasteiger partial charge in [0.25, 0.3) is 0 Å². The topological polar surface area (TPSA) is 56.7 Å². The molecule has 0 aliphatic rings. The lowest BCUT2D eigenvalue weighted by molar-refractivity contribution is 0.691. The van der Waals surface area contributed by atoms with Gasteiger partial charge in [0.1, 0.15) is 10.1 Å². The molecule has 0 bridgehead atoms.